The summed E-state index contributed by atoms with van der Waals surface area (Å²) >= 11 is 0. The van der Waals surface area contributed by atoms with Crippen molar-refractivity contribution >= 4 is 5.91 Å². The molecule has 0 saturated heterocycles. The van der Waals surface area contributed by atoms with E-state index in [1.807, 2.05) is 29.9 Å². The van der Waals surface area contributed by atoms with Gasteiger partial charge in [0.1, 0.15) is 0 Å². The molecular weight excluding hydrogens is 300 g/mol. The van der Waals surface area contributed by atoms with Crippen LogP contribution in [0.25, 0.3) is 0 Å². The number of hydrogen-bond acceptors (Lipinski definition) is 3. The first kappa shape index (κ1) is 17.5. The Labute approximate surface area is 146 Å². The lowest BCUT2D eigenvalue weighted by molar-refractivity contribution is -0.134. The molecule has 0 bridgehead atoms. The average molecular weight is 332 g/mol. The molecule has 5 nitrogen and oxygen atoms in total. The van der Waals surface area contributed by atoms with Crippen LogP contribution in [0.4, 0.5) is 0 Å². The molecule has 0 aliphatic heterocycles. The van der Waals surface area contributed by atoms with Gasteiger partial charge in [-0.05, 0) is 57.9 Å². The molecule has 1 unspecified atom stereocenters. The molecule has 24 heavy (non-hydrogen) atoms. The standard InChI is InChI=1S/C19H32N4O/c1-14-8-10-15(11-9-14)22(3)19(24)13-21(2)17-6-5-7-18-16(17)12-20-23(18)4/h12,14-15,17H,5-11,13H2,1-4H3. The van der Waals surface area contributed by atoms with Crippen LogP contribution >= 0.6 is 0 Å². The molecule has 1 aromatic rings. The molecule has 5 heteroatoms. The Kier molecular flexibility index (Phi) is 5.28. The van der Waals surface area contributed by atoms with Crippen molar-refractivity contribution in [1.82, 2.24) is 19.6 Å². The Morgan fingerprint density at radius 2 is 1.96 bits per heavy atom. The normalized spacial score (nSPS) is 27.1. The van der Waals surface area contributed by atoms with Gasteiger partial charge in [-0.3, -0.25) is 14.4 Å². The van der Waals surface area contributed by atoms with Crippen molar-refractivity contribution in [2.45, 2.75) is 64.0 Å². The van der Waals surface area contributed by atoms with Gasteiger partial charge in [-0.2, -0.15) is 5.10 Å². The van der Waals surface area contributed by atoms with Crippen molar-refractivity contribution in [3.63, 3.8) is 0 Å². The maximum Gasteiger partial charge on any atom is 0.236 e. The van der Waals surface area contributed by atoms with Crippen LogP contribution in [-0.2, 0) is 18.3 Å². The largest absolute Gasteiger partial charge is 0.342 e. The molecule has 3 rings (SSSR count). The van der Waals surface area contributed by atoms with E-state index in [0.29, 0.717) is 18.6 Å². The number of rotatable bonds is 4. The van der Waals surface area contributed by atoms with Crippen LogP contribution in [-0.4, -0.2) is 52.2 Å². The predicted molar refractivity (Wildman–Crippen MR) is 95.7 cm³/mol. The summed E-state index contributed by atoms with van der Waals surface area (Å²) in [5, 5.41) is 4.42. The number of aryl methyl sites for hydroxylation is 1. The van der Waals surface area contributed by atoms with E-state index in [0.717, 1.165) is 31.6 Å². The summed E-state index contributed by atoms with van der Waals surface area (Å²) in [5.74, 6) is 1.08. The number of carbonyl (C=O) groups excluding carboxylic acids is 1. The molecule has 2 aliphatic carbocycles. The third kappa shape index (κ3) is 3.51. The Bertz CT molecular complexity index is 574. The fraction of sp³-hybridized carbons (Fsp3) is 0.789. The van der Waals surface area contributed by atoms with Crippen molar-refractivity contribution in [3.8, 4) is 0 Å². The van der Waals surface area contributed by atoms with Crippen LogP contribution in [0.1, 0.15) is 62.7 Å². The van der Waals surface area contributed by atoms with Gasteiger partial charge in [-0.15, -0.1) is 0 Å². The van der Waals surface area contributed by atoms with E-state index in [2.05, 4.69) is 24.0 Å². The zero-order valence-electron chi connectivity index (χ0n) is 15.7. The van der Waals surface area contributed by atoms with Crippen molar-refractivity contribution in [3.05, 3.63) is 17.5 Å². The number of likely N-dealkylation sites (N-methyl/N-ethyl adjacent to an activating group) is 2. The minimum absolute atomic E-state index is 0.257. The van der Waals surface area contributed by atoms with E-state index < -0.39 is 0 Å². The Morgan fingerprint density at radius 1 is 1.25 bits per heavy atom. The van der Waals surface area contributed by atoms with Gasteiger partial charge in [0.15, 0.2) is 0 Å². The molecule has 2 aliphatic rings. The molecule has 1 amide bonds. The van der Waals surface area contributed by atoms with Gasteiger partial charge < -0.3 is 4.90 Å². The summed E-state index contributed by atoms with van der Waals surface area (Å²) < 4.78 is 1.99. The van der Waals surface area contributed by atoms with Crippen LogP contribution in [0.2, 0.25) is 0 Å². The second kappa shape index (κ2) is 7.26. The molecule has 0 spiro atoms. The van der Waals surface area contributed by atoms with Crippen LogP contribution in [0, 0.1) is 5.92 Å². The van der Waals surface area contributed by atoms with Gasteiger partial charge in [0, 0.05) is 37.4 Å². The summed E-state index contributed by atoms with van der Waals surface area (Å²) in [5.41, 5.74) is 2.65. The lowest BCUT2D eigenvalue weighted by Gasteiger charge is -2.36. The molecule has 0 radical (unpaired) electrons. The van der Waals surface area contributed by atoms with Crippen LogP contribution in [0.5, 0.6) is 0 Å². The highest BCUT2D eigenvalue weighted by atomic mass is 16.2. The molecule has 0 aromatic carbocycles. The highest BCUT2D eigenvalue weighted by molar-refractivity contribution is 5.78. The molecule has 1 saturated carbocycles. The second-order valence-corrected chi connectivity index (χ2v) is 7.91. The summed E-state index contributed by atoms with van der Waals surface area (Å²) in [4.78, 5) is 17.0. The second-order valence-electron chi connectivity index (χ2n) is 7.91. The molecule has 134 valence electrons. The summed E-state index contributed by atoms with van der Waals surface area (Å²) in [7, 11) is 6.10. The number of aromatic nitrogens is 2. The van der Waals surface area contributed by atoms with Gasteiger partial charge in [-0.1, -0.05) is 6.92 Å². The number of hydrogen-bond donors (Lipinski definition) is 0. The number of carbonyl (C=O) groups is 1. The van der Waals surface area contributed by atoms with Crippen molar-refractivity contribution in [1.29, 1.82) is 0 Å². The van der Waals surface area contributed by atoms with Crippen molar-refractivity contribution in [2.24, 2.45) is 13.0 Å². The Hall–Kier alpha value is -1.36. The topological polar surface area (TPSA) is 41.4 Å². The molecule has 1 fully saturated rings. The smallest absolute Gasteiger partial charge is 0.236 e. The third-order valence-corrected chi connectivity index (χ3v) is 6.19. The summed E-state index contributed by atoms with van der Waals surface area (Å²) in [6.07, 6.45) is 10.2. The van der Waals surface area contributed by atoms with Crippen molar-refractivity contribution in [2.75, 3.05) is 20.6 Å². The van der Waals surface area contributed by atoms with Gasteiger partial charge >= 0.3 is 0 Å². The fourth-order valence-corrected chi connectivity index (χ4v) is 4.41. The lowest BCUT2D eigenvalue weighted by Crippen LogP contribution is -2.44. The van der Waals surface area contributed by atoms with Crippen LogP contribution < -0.4 is 0 Å². The Balaban J connectivity index is 1.60. The zero-order valence-corrected chi connectivity index (χ0v) is 15.7. The van der Waals surface area contributed by atoms with E-state index in [9.17, 15) is 4.79 Å². The first-order chi connectivity index (χ1) is 11.5. The highest BCUT2D eigenvalue weighted by Gasteiger charge is 2.30. The van der Waals surface area contributed by atoms with Gasteiger partial charge in [0.05, 0.1) is 12.7 Å². The summed E-state index contributed by atoms with van der Waals surface area (Å²) in [6, 6.07) is 0.758. The first-order valence-electron chi connectivity index (χ1n) is 9.44. The van der Waals surface area contributed by atoms with E-state index in [-0.39, 0.29) is 5.91 Å². The molecule has 0 N–H and O–H groups in total. The minimum Gasteiger partial charge on any atom is -0.342 e. The van der Waals surface area contributed by atoms with E-state index >= 15 is 0 Å². The molecular formula is C19H32N4O. The lowest BCUT2D eigenvalue weighted by atomic mass is 9.86. The predicted octanol–water partition coefficient (Wildman–Crippen LogP) is 2.77. The number of nitrogens with zero attached hydrogens (tertiary/aromatic N) is 4. The highest BCUT2D eigenvalue weighted by Crippen LogP contribution is 2.33. The number of fused-ring (bicyclic) bond motifs is 1. The van der Waals surface area contributed by atoms with Gasteiger partial charge in [0.25, 0.3) is 0 Å². The van der Waals surface area contributed by atoms with E-state index in [4.69, 9.17) is 0 Å². The minimum atomic E-state index is 0.257. The van der Waals surface area contributed by atoms with E-state index in [1.54, 1.807) is 0 Å². The zero-order chi connectivity index (χ0) is 17.3. The Morgan fingerprint density at radius 3 is 2.67 bits per heavy atom. The quantitative estimate of drug-likeness (QED) is 0.851. The monoisotopic (exact) mass is 332 g/mol. The van der Waals surface area contributed by atoms with Gasteiger partial charge in [0.2, 0.25) is 5.91 Å². The van der Waals surface area contributed by atoms with Crippen LogP contribution in [0.15, 0.2) is 6.20 Å². The van der Waals surface area contributed by atoms with E-state index in [1.165, 1.54) is 30.5 Å². The third-order valence-electron chi connectivity index (χ3n) is 6.19. The maximum absolute atomic E-state index is 12.8. The average Bonchev–Trinajstić information content (AvgIpc) is 2.96. The van der Waals surface area contributed by atoms with Crippen LogP contribution in [0.3, 0.4) is 0 Å². The summed E-state index contributed by atoms with van der Waals surface area (Å²) in [6.45, 7) is 2.82. The molecule has 1 atom stereocenters. The van der Waals surface area contributed by atoms with Gasteiger partial charge in [-0.25, -0.2) is 0 Å². The SMILES string of the molecule is CC1CCC(N(C)C(=O)CN(C)C2CCCc3c2cnn3C)CC1. The maximum atomic E-state index is 12.8. The first-order valence-corrected chi connectivity index (χ1v) is 9.44. The number of amides is 1. The molecule has 1 aromatic heterocycles. The fourth-order valence-electron chi connectivity index (χ4n) is 4.41. The molecule has 1 heterocycles. The van der Waals surface area contributed by atoms with Crippen molar-refractivity contribution < 1.29 is 4.79 Å².